The Balaban J connectivity index is 1.89. The number of nitrogens with zero attached hydrogens (tertiary/aromatic N) is 1. The van der Waals surface area contributed by atoms with Crippen molar-refractivity contribution in [3.8, 4) is 0 Å². The third-order valence-corrected chi connectivity index (χ3v) is 3.19. The van der Waals surface area contributed by atoms with Crippen LogP contribution in [0.1, 0.15) is 10.4 Å². The number of aromatic amines is 1. The number of carbonyl (C=O) groups is 1. The molecule has 6 heteroatoms. The Morgan fingerprint density at radius 1 is 1.25 bits per heavy atom. The Hall–Kier alpha value is -2.53. The quantitative estimate of drug-likeness (QED) is 0.633. The van der Waals surface area contributed by atoms with Gasteiger partial charge in [0.1, 0.15) is 0 Å². The molecule has 0 saturated heterocycles. The Kier molecular flexibility index (Phi) is 3.04. The fourth-order valence-electron chi connectivity index (χ4n) is 1.94. The van der Waals surface area contributed by atoms with E-state index in [4.69, 9.17) is 17.3 Å². The molecule has 4 N–H and O–H groups in total. The highest BCUT2D eigenvalue weighted by Crippen LogP contribution is 2.21. The van der Waals surface area contributed by atoms with Crippen LogP contribution in [0.5, 0.6) is 0 Å². The lowest BCUT2D eigenvalue weighted by Gasteiger charge is -2.08. The normalized spacial score (nSPS) is 10.7. The van der Waals surface area contributed by atoms with E-state index < -0.39 is 0 Å². The van der Waals surface area contributed by atoms with Gasteiger partial charge in [-0.25, -0.2) is 0 Å². The minimum Gasteiger partial charge on any atom is -0.398 e. The zero-order valence-electron chi connectivity index (χ0n) is 10.4. The van der Waals surface area contributed by atoms with Crippen molar-refractivity contribution in [1.82, 2.24) is 10.2 Å². The average Bonchev–Trinajstić information content (AvgIpc) is 2.89. The number of benzene rings is 2. The molecule has 1 aromatic heterocycles. The van der Waals surface area contributed by atoms with Gasteiger partial charge in [0.25, 0.3) is 5.91 Å². The van der Waals surface area contributed by atoms with Gasteiger partial charge in [0.2, 0.25) is 0 Å². The number of H-pyrrole nitrogens is 1. The molecule has 0 saturated carbocycles. The minimum atomic E-state index is -0.298. The molecule has 0 aliphatic rings. The van der Waals surface area contributed by atoms with Gasteiger partial charge in [0, 0.05) is 21.8 Å². The zero-order valence-corrected chi connectivity index (χ0v) is 11.1. The molecule has 0 aliphatic heterocycles. The maximum Gasteiger partial charge on any atom is 0.257 e. The van der Waals surface area contributed by atoms with E-state index in [9.17, 15) is 4.79 Å². The van der Waals surface area contributed by atoms with E-state index in [1.165, 1.54) is 0 Å². The van der Waals surface area contributed by atoms with Gasteiger partial charge in [-0.1, -0.05) is 11.6 Å². The Morgan fingerprint density at radius 2 is 2.10 bits per heavy atom. The predicted molar refractivity (Wildman–Crippen MR) is 79.9 cm³/mol. The van der Waals surface area contributed by atoms with Gasteiger partial charge in [-0.05, 0) is 36.4 Å². The highest BCUT2D eigenvalue weighted by molar-refractivity contribution is 6.31. The lowest BCUT2D eigenvalue weighted by Crippen LogP contribution is -2.13. The van der Waals surface area contributed by atoms with Crippen LogP contribution in [0.3, 0.4) is 0 Å². The summed E-state index contributed by atoms with van der Waals surface area (Å²) in [6, 6.07) is 10.3. The number of amides is 1. The van der Waals surface area contributed by atoms with E-state index in [1.54, 1.807) is 30.5 Å². The second-order valence-corrected chi connectivity index (χ2v) is 4.79. The van der Waals surface area contributed by atoms with Crippen LogP contribution in [0.2, 0.25) is 5.02 Å². The smallest absolute Gasteiger partial charge is 0.257 e. The Morgan fingerprint density at radius 3 is 2.95 bits per heavy atom. The number of nitrogens with one attached hydrogen (secondary N) is 2. The molecule has 3 rings (SSSR count). The molecule has 0 unspecified atom stereocenters. The molecule has 0 radical (unpaired) electrons. The number of nitrogens with two attached hydrogens (primary N) is 1. The molecule has 1 heterocycles. The molecule has 3 aromatic rings. The molecule has 2 aromatic carbocycles. The lowest BCUT2D eigenvalue weighted by atomic mass is 10.1. The third-order valence-electron chi connectivity index (χ3n) is 2.96. The van der Waals surface area contributed by atoms with Gasteiger partial charge in [-0.2, -0.15) is 5.10 Å². The topological polar surface area (TPSA) is 83.8 Å². The molecule has 0 bridgehead atoms. The van der Waals surface area contributed by atoms with Crippen molar-refractivity contribution in [2.24, 2.45) is 0 Å². The number of carbonyl (C=O) groups excluding carboxylic acids is 1. The first kappa shape index (κ1) is 12.5. The molecular formula is C14H11ClN4O. The summed E-state index contributed by atoms with van der Waals surface area (Å²) in [5, 5.41) is 11.0. The molecular weight excluding hydrogens is 276 g/mol. The van der Waals surface area contributed by atoms with Crippen LogP contribution in [0.4, 0.5) is 11.4 Å². The van der Waals surface area contributed by atoms with E-state index in [-0.39, 0.29) is 5.91 Å². The first-order chi connectivity index (χ1) is 9.63. The predicted octanol–water partition coefficient (Wildman–Crippen LogP) is 3.05. The molecule has 1 amide bonds. The van der Waals surface area contributed by atoms with Gasteiger partial charge in [-0.3, -0.25) is 9.89 Å². The van der Waals surface area contributed by atoms with E-state index in [0.29, 0.717) is 22.0 Å². The molecule has 0 atom stereocenters. The SMILES string of the molecule is Nc1ccc(Cl)cc1C(=O)Nc1ccc2[nH]ncc2c1. The maximum absolute atomic E-state index is 12.2. The van der Waals surface area contributed by atoms with Crippen LogP contribution < -0.4 is 11.1 Å². The number of hydrogen-bond acceptors (Lipinski definition) is 3. The molecule has 0 spiro atoms. The lowest BCUT2D eigenvalue weighted by molar-refractivity contribution is 0.102. The molecule has 0 fully saturated rings. The second-order valence-electron chi connectivity index (χ2n) is 4.36. The summed E-state index contributed by atoms with van der Waals surface area (Å²) < 4.78 is 0. The van der Waals surface area contributed by atoms with Crippen LogP contribution in [-0.4, -0.2) is 16.1 Å². The highest BCUT2D eigenvalue weighted by Gasteiger charge is 2.11. The van der Waals surface area contributed by atoms with Crippen molar-refractivity contribution in [1.29, 1.82) is 0 Å². The fourth-order valence-corrected chi connectivity index (χ4v) is 2.12. The van der Waals surface area contributed by atoms with E-state index in [2.05, 4.69) is 15.5 Å². The second kappa shape index (κ2) is 4.86. The monoisotopic (exact) mass is 286 g/mol. The summed E-state index contributed by atoms with van der Waals surface area (Å²) in [6.45, 7) is 0. The van der Waals surface area contributed by atoms with Crippen molar-refractivity contribution in [2.75, 3.05) is 11.1 Å². The fraction of sp³-hybridized carbons (Fsp3) is 0. The third kappa shape index (κ3) is 2.31. The first-order valence-corrected chi connectivity index (χ1v) is 6.31. The summed E-state index contributed by atoms with van der Waals surface area (Å²) in [5.74, 6) is -0.298. The minimum absolute atomic E-state index is 0.298. The summed E-state index contributed by atoms with van der Waals surface area (Å²) >= 11 is 5.88. The molecule has 100 valence electrons. The largest absolute Gasteiger partial charge is 0.398 e. The van der Waals surface area contributed by atoms with Gasteiger partial charge >= 0.3 is 0 Å². The number of anilines is 2. The van der Waals surface area contributed by atoms with Gasteiger partial charge < -0.3 is 11.1 Å². The molecule has 0 aliphatic carbocycles. The summed E-state index contributed by atoms with van der Waals surface area (Å²) in [4.78, 5) is 12.2. The standard InChI is InChI=1S/C14H11ClN4O/c15-9-1-3-12(16)11(6-9)14(20)18-10-2-4-13-8(5-10)7-17-19-13/h1-7H,16H2,(H,17,19)(H,18,20). The summed E-state index contributed by atoms with van der Waals surface area (Å²) in [5.41, 5.74) is 8.10. The Labute approximate surface area is 119 Å². The van der Waals surface area contributed by atoms with Crippen molar-refractivity contribution in [3.63, 3.8) is 0 Å². The molecule has 20 heavy (non-hydrogen) atoms. The van der Waals surface area contributed by atoms with Crippen LogP contribution in [0.15, 0.2) is 42.6 Å². The summed E-state index contributed by atoms with van der Waals surface area (Å²) in [7, 11) is 0. The van der Waals surface area contributed by atoms with Crippen LogP contribution in [0, 0.1) is 0 Å². The van der Waals surface area contributed by atoms with Crippen LogP contribution in [-0.2, 0) is 0 Å². The number of hydrogen-bond donors (Lipinski definition) is 3. The van der Waals surface area contributed by atoms with Crippen molar-refractivity contribution in [2.45, 2.75) is 0 Å². The zero-order chi connectivity index (χ0) is 14.1. The summed E-state index contributed by atoms with van der Waals surface area (Å²) in [6.07, 6.45) is 1.69. The van der Waals surface area contributed by atoms with E-state index >= 15 is 0 Å². The van der Waals surface area contributed by atoms with Gasteiger partial charge in [0.05, 0.1) is 17.3 Å². The average molecular weight is 287 g/mol. The van der Waals surface area contributed by atoms with E-state index in [1.807, 2.05) is 12.1 Å². The van der Waals surface area contributed by atoms with Crippen molar-refractivity contribution >= 4 is 39.8 Å². The Bertz CT molecular complexity index is 797. The maximum atomic E-state index is 12.2. The number of nitrogen functional groups attached to an aromatic ring is 1. The van der Waals surface area contributed by atoms with Crippen molar-refractivity contribution < 1.29 is 4.79 Å². The van der Waals surface area contributed by atoms with E-state index in [0.717, 1.165) is 10.9 Å². The number of halogens is 1. The first-order valence-electron chi connectivity index (χ1n) is 5.93. The van der Waals surface area contributed by atoms with Crippen LogP contribution >= 0.6 is 11.6 Å². The van der Waals surface area contributed by atoms with Crippen molar-refractivity contribution in [3.05, 3.63) is 53.2 Å². The van der Waals surface area contributed by atoms with Gasteiger partial charge in [0.15, 0.2) is 0 Å². The molecule has 5 nitrogen and oxygen atoms in total. The number of fused-ring (bicyclic) bond motifs is 1. The number of rotatable bonds is 2. The van der Waals surface area contributed by atoms with Gasteiger partial charge in [-0.15, -0.1) is 0 Å². The highest BCUT2D eigenvalue weighted by atomic mass is 35.5. The van der Waals surface area contributed by atoms with Crippen LogP contribution in [0.25, 0.3) is 10.9 Å². The number of aromatic nitrogens is 2.